The van der Waals surface area contributed by atoms with Gasteiger partial charge in [0.05, 0.1) is 5.75 Å². The highest BCUT2D eigenvalue weighted by atomic mass is 32.2. The van der Waals surface area contributed by atoms with Gasteiger partial charge in [0.15, 0.2) is 0 Å². The van der Waals surface area contributed by atoms with Gasteiger partial charge in [-0.3, -0.25) is 9.69 Å². The Morgan fingerprint density at radius 2 is 1.79 bits per heavy atom. The fraction of sp³-hybridized carbons (Fsp3) is 0.944. The van der Waals surface area contributed by atoms with E-state index in [9.17, 15) is 13.2 Å². The summed E-state index contributed by atoms with van der Waals surface area (Å²) in [6.45, 7) is 13.7. The van der Waals surface area contributed by atoms with E-state index >= 15 is 0 Å². The van der Waals surface area contributed by atoms with E-state index in [-0.39, 0.29) is 17.0 Å². The predicted octanol–water partition coefficient (Wildman–Crippen LogP) is 2.42. The van der Waals surface area contributed by atoms with Gasteiger partial charge in [-0.05, 0) is 51.9 Å². The molecular formula is C18H34N2O3S. The van der Waals surface area contributed by atoms with Gasteiger partial charge < -0.3 is 0 Å². The van der Waals surface area contributed by atoms with Crippen molar-refractivity contribution in [2.45, 2.75) is 72.9 Å². The molecule has 2 fully saturated rings. The van der Waals surface area contributed by atoms with Crippen LogP contribution < -0.4 is 4.72 Å². The third-order valence-electron chi connectivity index (χ3n) is 6.59. The summed E-state index contributed by atoms with van der Waals surface area (Å²) in [7, 11) is -3.46. The molecule has 0 aromatic heterocycles. The van der Waals surface area contributed by atoms with Gasteiger partial charge in [0.25, 0.3) is 0 Å². The van der Waals surface area contributed by atoms with Crippen LogP contribution in [0, 0.1) is 16.7 Å². The standard InChI is InChI=1S/C18H34N2O3S/c1-13(2)20(14(3)4)10-9-19-24(22,23)12-18-8-7-15(11-16(18)21)17(18,5)6/h13-15,19H,7-12H2,1-6H3. The van der Waals surface area contributed by atoms with E-state index in [0.29, 0.717) is 43.9 Å². The predicted molar refractivity (Wildman–Crippen MR) is 97.3 cm³/mol. The van der Waals surface area contributed by atoms with Crippen molar-refractivity contribution in [1.29, 1.82) is 0 Å². The van der Waals surface area contributed by atoms with Gasteiger partial charge >= 0.3 is 0 Å². The number of nitrogens with one attached hydrogen (secondary N) is 1. The zero-order valence-electron chi connectivity index (χ0n) is 16.1. The average Bonchev–Trinajstić information content (AvgIpc) is 2.76. The molecule has 0 heterocycles. The van der Waals surface area contributed by atoms with Gasteiger partial charge in [0.2, 0.25) is 10.0 Å². The van der Waals surface area contributed by atoms with Crippen molar-refractivity contribution >= 4 is 15.8 Å². The molecule has 2 bridgehead atoms. The topological polar surface area (TPSA) is 66.5 Å². The number of carbonyl (C=O) groups excluding carboxylic acids is 1. The molecule has 6 heteroatoms. The Hall–Kier alpha value is -0.460. The van der Waals surface area contributed by atoms with E-state index in [1.807, 2.05) is 0 Å². The molecule has 0 aliphatic heterocycles. The van der Waals surface area contributed by atoms with Crippen molar-refractivity contribution in [3.8, 4) is 0 Å². The lowest BCUT2D eigenvalue weighted by Gasteiger charge is -2.36. The molecule has 2 unspecified atom stereocenters. The SMILES string of the molecule is CC(C)N(CCNS(=O)(=O)CC12CCC(CC1=O)C2(C)C)C(C)C. The lowest BCUT2D eigenvalue weighted by molar-refractivity contribution is -0.128. The van der Waals surface area contributed by atoms with Crippen LogP contribution in [0.2, 0.25) is 0 Å². The second kappa shape index (κ2) is 6.69. The van der Waals surface area contributed by atoms with Gasteiger partial charge in [0, 0.05) is 37.0 Å². The molecule has 0 amide bonds. The molecule has 2 rings (SSSR count). The van der Waals surface area contributed by atoms with E-state index in [0.717, 1.165) is 6.42 Å². The van der Waals surface area contributed by atoms with Crippen LogP contribution in [0.1, 0.15) is 60.8 Å². The van der Waals surface area contributed by atoms with E-state index in [1.165, 1.54) is 0 Å². The summed E-state index contributed by atoms with van der Waals surface area (Å²) >= 11 is 0. The quantitative estimate of drug-likeness (QED) is 0.724. The van der Waals surface area contributed by atoms with Gasteiger partial charge in [-0.15, -0.1) is 0 Å². The first-order chi connectivity index (χ1) is 10.9. The van der Waals surface area contributed by atoms with E-state index in [1.54, 1.807) is 0 Å². The number of Topliss-reactive ketones (excluding diaryl/α,β-unsaturated/α-hetero) is 1. The van der Waals surface area contributed by atoms with Gasteiger partial charge in [-0.25, -0.2) is 13.1 Å². The van der Waals surface area contributed by atoms with E-state index in [2.05, 4.69) is 51.2 Å². The summed E-state index contributed by atoms with van der Waals surface area (Å²) in [6, 6.07) is 0.748. The van der Waals surface area contributed by atoms with Crippen LogP contribution in [0.5, 0.6) is 0 Å². The average molecular weight is 359 g/mol. The molecule has 1 N–H and O–H groups in total. The lowest BCUT2D eigenvalue weighted by Crippen LogP contribution is -2.47. The number of nitrogens with zero attached hydrogens (tertiary/aromatic N) is 1. The van der Waals surface area contributed by atoms with Gasteiger partial charge in [-0.1, -0.05) is 13.8 Å². The third kappa shape index (κ3) is 3.42. The van der Waals surface area contributed by atoms with Crippen molar-refractivity contribution in [2.24, 2.45) is 16.7 Å². The van der Waals surface area contributed by atoms with Crippen LogP contribution in [0.4, 0.5) is 0 Å². The summed E-state index contributed by atoms with van der Waals surface area (Å²) in [5.74, 6) is 0.448. The zero-order valence-corrected chi connectivity index (χ0v) is 16.9. The highest BCUT2D eigenvalue weighted by Gasteiger charge is 2.65. The molecule has 0 spiro atoms. The lowest BCUT2D eigenvalue weighted by atomic mass is 9.70. The molecule has 0 aromatic rings. The molecule has 24 heavy (non-hydrogen) atoms. The molecule has 0 saturated heterocycles. The van der Waals surface area contributed by atoms with Crippen molar-refractivity contribution in [3.63, 3.8) is 0 Å². The molecule has 2 atom stereocenters. The van der Waals surface area contributed by atoms with Crippen LogP contribution in [-0.2, 0) is 14.8 Å². The first-order valence-corrected chi connectivity index (χ1v) is 10.8. The fourth-order valence-electron chi connectivity index (χ4n) is 4.93. The Morgan fingerprint density at radius 3 is 2.21 bits per heavy atom. The van der Waals surface area contributed by atoms with Crippen molar-refractivity contribution in [2.75, 3.05) is 18.8 Å². The summed E-state index contributed by atoms with van der Waals surface area (Å²) in [5, 5.41) is 0. The second-order valence-electron chi connectivity index (χ2n) is 8.75. The zero-order chi connectivity index (χ0) is 18.3. The number of rotatable bonds is 8. The largest absolute Gasteiger partial charge is 0.299 e. The molecule has 2 aliphatic carbocycles. The van der Waals surface area contributed by atoms with Crippen molar-refractivity contribution < 1.29 is 13.2 Å². The number of ketones is 1. The van der Waals surface area contributed by atoms with Crippen LogP contribution >= 0.6 is 0 Å². The molecule has 140 valence electrons. The molecule has 5 nitrogen and oxygen atoms in total. The molecule has 0 radical (unpaired) electrons. The summed E-state index contributed by atoms with van der Waals surface area (Å²) < 4.78 is 28.0. The third-order valence-corrected chi connectivity index (χ3v) is 8.11. The summed E-state index contributed by atoms with van der Waals surface area (Å²) in [4.78, 5) is 14.8. The van der Waals surface area contributed by atoms with E-state index in [4.69, 9.17) is 0 Å². The highest BCUT2D eigenvalue weighted by molar-refractivity contribution is 7.89. The van der Waals surface area contributed by atoms with Crippen molar-refractivity contribution in [1.82, 2.24) is 9.62 Å². The van der Waals surface area contributed by atoms with E-state index < -0.39 is 15.4 Å². The smallest absolute Gasteiger partial charge is 0.212 e. The summed E-state index contributed by atoms with van der Waals surface area (Å²) in [6.07, 6.45) is 2.24. The number of sulfonamides is 1. The Kier molecular flexibility index (Phi) is 5.54. The van der Waals surface area contributed by atoms with Crippen LogP contribution in [0.3, 0.4) is 0 Å². The van der Waals surface area contributed by atoms with Crippen LogP contribution in [0.25, 0.3) is 0 Å². The molecule has 0 aromatic carbocycles. The Balaban J connectivity index is 2.01. The number of hydrogen-bond acceptors (Lipinski definition) is 4. The van der Waals surface area contributed by atoms with Crippen molar-refractivity contribution in [3.05, 3.63) is 0 Å². The van der Waals surface area contributed by atoms with Crippen LogP contribution in [-0.4, -0.2) is 50.0 Å². The minimum absolute atomic E-state index is 0.0499. The highest BCUT2D eigenvalue weighted by Crippen LogP contribution is 2.64. The number of fused-ring (bicyclic) bond motifs is 2. The van der Waals surface area contributed by atoms with Crippen LogP contribution in [0.15, 0.2) is 0 Å². The minimum atomic E-state index is -3.46. The number of carbonyl (C=O) groups is 1. The molecular weight excluding hydrogens is 324 g/mol. The Labute approximate surface area is 147 Å². The maximum Gasteiger partial charge on any atom is 0.212 e. The van der Waals surface area contributed by atoms with Gasteiger partial charge in [0.1, 0.15) is 5.78 Å². The monoisotopic (exact) mass is 358 g/mol. The number of hydrogen-bond donors (Lipinski definition) is 1. The second-order valence-corrected chi connectivity index (χ2v) is 10.6. The Morgan fingerprint density at radius 1 is 1.21 bits per heavy atom. The first kappa shape index (κ1) is 19.9. The normalized spacial score (nSPS) is 29.4. The maximum absolute atomic E-state index is 12.6. The molecule has 2 saturated carbocycles. The first-order valence-electron chi connectivity index (χ1n) is 9.19. The Bertz CT molecular complexity index is 575. The fourth-order valence-corrected chi connectivity index (χ4v) is 6.76. The molecule has 2 aliphatic rings. The summed E-state index contributed by atoms with van der Waals surface area (Å²) in [5.41, 5.74) is -0.889. The maximum atomic E-state index is 12.6. The van der Waals surface area contributed by atoms with Gasteiger partial charge in [-0.2, -0.15) is 0 Å². The minimum Gasteiger partial charge on any atom is -0.299 e.